The van der Waals surface area contributed by atoms with Gasteiger partial charge in [0.25, 0.3) is 11.8 Å². The lowest BCUT2D eigenvalue weighted by atomic mass is 10.00. The largest absolute Gasteiger partial charge is 0.367 e. The van der Waals surface area contributed by atoms with E-state index >= 15 is 4.39 Å². The summed E-state index contributed by atoms with van der Waals surface area (Å²) in [7, 11) is 0. The number of halogens is 1. The highest BCUT2D eigenvalue weighted by atomic mass is 19.1. The Bertz CT molecular complexity index is 1070. The molecule has 1 aliphatic rings. The van der Waals surface area contributed by atoms with Crippen LogP contribution in [0.15, 0.2) is 6.07 Å². The van der Waals surface area contributed by atoms with E-state index in [0.717, 1.165) is 29.5 Å². The molecule has 1 saturated heterocycles. The highest BCUT2D eigenvalue weighted by Crippen LogP contribution is 2.40. The third-order valence-corrected chi connectivity index (χ3v) is 5.84. The smallest absolute Gasteiger partial charge is 0.296 e. The Morgan fingerprint density at radius 1 is 1.33 bits per heavy atom. The van der Waals surface area contributed by atoms with Crippen molar-refractivity contribution in [3.63, 3.8) is 0 Å². The van der Waals surface area contributed by atoms with Gasteiger partial charge in [-0.05, 0) is 65.0 Å². The lowest BCUT2D eigenvalue weighted by molar-refractivity contribution is -0.116. The van der Waals surface area contributed by atoms with Crippen LogP contribution in [-0.2, 0) is 4.79 Å². The summed E-state index contributed by atoms with van der Waals surface area (Å²) < 4.78 is 17.4. The predicted molar refractivity (Wildman–Crippen MR) is 117 cm³/mol. The minimum atomic E-state index is -0.647. The van der Waals surface area contributed by atoms with Crippen LogP contribution in [0.3, 0.4) is 0 Å². The molecule has 1 fully saturated rings. The number of primary amides is 1. The van der Waals surface area contributed by atoms with Gasteiger partial charge in [-0.2, -0.15) is 0 Å². The summed E-state index contributed by atoms with van der Waals surface area (Å²) in [4.78, 5) is 26.0. The zero-order valence-electron chi connectivity index (χ0n) is 18.2. The van der Waals surface area contributed by atoms with Crippen molar-refractivity contribution in [2.24, 2.45) is 5.73 Å². The molecule has 3 N–H and O–H groups in total. The number of amides is 2. The average Bonchev–Trinajstić information content (AvgIpc) is 2.93. The number of aromatic nitrogens is 1. The summed E-state index contributed by atoms with van der Waals surface area (Å²) in [6.07, 6.45) is 1.62. The van der Waals surface area contributed by atoms with Crippen LogP contribution in [0.25, 0.3) is 10.9 Å². The summed E-state index contributed by atoms with van der Waals surface area (Å²) >= 11 is 0. The highest BCUT2D eigenvalue weighted by Gasteiger charge is 2.29. The fourth-order valence-corrected chi connectivity index (χ4v) is 4.54. The molecule has 0 radical (unpaired) electrons. The summed E-state index contributed by atoms with van der Waals surface area (Å²) in [6, 6.07) is 1.22. The number of nitrogens with one attached hydrogen (secondary N) is 1. The molecule has 2 amide bonds. The molecule has 1 atom stereocenters. The van der Waals surface area contributed by atoms with Gasteiger partial charge in [-0.1, -0.05) is 5.92 Å². The van der Waals surface area contributed by atoms with E-state index in [4.69, 9.17) is 5.73 Å². The number of benzene rings is 1. The van der Waals surface area contributed by atoms with E-state index in [2.05, 4.69) is 17.2 Å². The minimum absolute atomic E-state index is 0.0821. The Balaban J connectivity index is 2.16. The van der Waals surface area contributed by atoms with Crippen molar-refractivity contribution in [3.05, 3.63) is 28.7 Å². The van der Waals surface area contributed by atoms with E-state index in [9.17, 15) is 9.59 Å². The number of rotatable bonds is 4. The van der Waals surface area contributed by atoms with Crippen molar-refractivity contribution >= 4 is 28.4 Å². The van der Waals surface area contributed by atoms with Crippen LogP contribution in [0.4, 0.5) is 10.1 Å². The Morgan fingerprint density at radius 2 is 2.03 bits per heavy atom. The lowest BCUT2D eigenvalue weighted by Crippen LogP contribution is -2.47. The van der Waals surface area contributed by atoms with Gasteiger partial charge in [0.05, 0.1) is 16.8 Å². The second-order valence-electron chi connectivity index (χ2n) is 8.15. The molecule has 1 aliphatic heterocycles. The summed E-state index contributed by atoms with van der Waals surface area (Å²) in [6.45, 7) is 10.7. The standard InChI is InChI=1S/C23H29FN4O2/c1-6-8-19(29)26-16-9-7-10-27(12-16)22-18(24)11-17(23(25)30)21-20(22)14(4)15(5)28(21)13(2)3/h11,13,16H,7,9-10,12H2,1-5H3,(H2,25,30)(H,26,29)/t16-/m0/s1. The summed E-state index contributed by atoms with van der Waals surface area (Å²) in [5, 5.41) is 3.63. The van der Waals surface area contributed by atoms with Gasteiger partial charge >= 0.3 is 0 Å². The average molecular weight is 413 g/mol. The Labute approximate surface area is 176 Å². The maximum absolute atomic E-state index is 15.4. The maximum atomic E-state index is 15.4. The van der Waals surface area contributed by atoms with Crippen molar-refractivity contribution in [3.8, 4) is 11.8 Å². The van der Waals surface area contributed by atoms with Crippen LogP contribution < -0.4 is 16.0 Å². The Morgan fingerprint density at radius 3 is 2.63 bits per heavy atom. The molecule has 160 valence electrons. The summed E-state index contributed by atoms with van der Waals surface area (Å²) in [5.74, 6) is 3.65. The highest BCUT2D eigenvalue weighted by molar-refractivity contribution is 6.10. The topological polar surface area (TPSA) is 80.4 Å². The first kappa shape index (κ1) is 21.7. The van der Waals surface area contributed by atoms with Gasteiger partial charge < -0.3 is 20.5 Å². The van der Waals surface area contributed by atoms with Gasteiger partial charge in [-0.3, -0.25) is 9.59 Å². The van der Waals surface area contributed by atoms with E-state index in [0.29, 0.717) is 24.3 Å². The SMILES string of the molecule is CC#CC(=O)N[C@H]1CCCN(c2c(F)cc(C(N)=O)c3c2c(C)c(C)n3C(C)C)C1. The van der Waals surface area contributed by atoms with Crippen LogP contribution in [0.5, 0.6) is 0 Å². The molecule has 0 aliphatic carbocycles. The summed E-state index contributed by atoms with van der Waals surface area (Å²) in [5.41, 5.74) is 8.86. The number of hydrogen-bond donors (Lipinski definition) is 2. The molecule has 7 heteroatoms. The van der Waals surface area contributed by atoms with Gasteiger partial charge in [-0.25, -0.2) is 4.39 Å². The monoisotopic (exact) mass is 412 g/mol. The predicted octanol–water partition coefficient (Wildman–Crippen LogP) is 3.19. The van der Waals surface area contributed by atoms with Crippen molar-refractivity contribution in [1.82, 2.24) is 9.88 Å². The number of nitrogens with two attached hydrogens (primary N) is 1. The molecule has 0 saturated carbocycles. The lowest BCUT2D eigenvalue weighted by Gasteiger charge is -2.35. The molecule has 0 spiro atoms. The van der Waals surface area contributed by atoms with E-state index < -0.39 is 11.7 Å². The molecular weight excluding hydrogens is 383 g/mol. The zero-order chi connectivity index (χ0) is 22.2. The molecule has 30 heavy (non-hydrogen) atoms. The Hall–Kier alpha value is -3.01. The van der Waals surface area contributed by atoms with Crippen LogP contribution in [0.1, 0.15) is 61.3 Å². The van der Waals surface area contributed by atoms with E-state index in [1.165, 1.54) is 6.07 Å². The maximum Gasteiger partial charge on any atom is 0.296 e. The molecular formula is C23H29FN4O2. The number of fused-ring (bicyclic) bond motifs is 1. The van der Waals surface area contributed by atoms with Gasteiger partial charge in [0, 0.05) is 36.3 Å². The van der Waals surface area contributed by atoms with E-state index in [1.807, 2.05) is 37.2 Å². The second-order valence-corrected chi connectivity index (χ2v) is 8.15. The normalized spacial score (nSPS) is 16.5. The molecule has 2 aromatic rings. The molecule has 0 bridgehead atoms. The fourth-order valence-electron chi connectivity index (χ4n) is 4.54. The molecule has 6 nitrogen and oxygen atoms in total. The quantitative estimate of drug-likeness (QED) is 0.757. The first-order chi connectivity index (χ1) is 14.2. The first-order valence-electron chi connectivity index (χ1n) is 10.3. The third kappa shape index (κ3) is 3.74. The number of carbonyl (C=O) groups excluding carboxylic acids is 2. The number of piperidine rings is 1. The fraction of sp³-hybridized carbons (Fsp3) is 0.478. The van der Waals surface area contributed by atoms with Crippen LogP contribution in [0, 0.1) is 31.5 Å². The van der Waals surface area contributed by atoms with Crippen LogP contribution in [-0.4, -0.2) is 35.5 Å². The van der Waals surface area contributed by atoms with Crippen molar-refractivity contribution in [1.29, 1.82) is 0 Å². The van der Waals surface area contributed by atoms with Crippen molar-refractivity contribution in [2.75, 3.05) is 18.0 Å². The van der Waals surface area contributed by atoms with Gasteiger partial charge in [0.15, 0.2) is 0 Å². The van der Waals surface area contributed by atoms with E-state index in [1.54, 1.807) is 6.92 Å². The molecule has 0 unspecified atom stereocenters. The molecule has 3 rings (SSSR count). The number of carbonyl (C=O) groups is 2. The van der Waals surface area contributed by atoms with Gasteiger partial charge in [0.1, 0.15) is 5.82 Å². The minimum Gasteiger partial charge on any atom is -0.367 e. The zero-order valence-corrected chi connectivity index (χ0v) is 18.2. The second kappa shape index (κ2) is 8.39. The van der Waals surface area contributed by atoms with Gasteiger partial charge in [0.2, 0.25) is 0 Å². The van der Waals surface area contributed by atoms with Crippen molar-refractivity contribution < 1.29 is 14.0 Å². The number of hydrogen-bond acceptors (Lipinski definition) is 3. The van der Waals surface area contributed by atoms with E-state index in [-0.39, 0.29) is 23.6 Å². The number of aryl methyl sites for hydroxylation is 1. The van der Waals surface area contributed by atoms with Crippen LogP contribution in [0.2, 0.25) is 0 Å². The Kier molecular flexibility index (Phi) is 6.06. The third-order valence-electron chi connectivity index (χ3n) is 5.84. The van der Waals surface area contributed by atoms with Crippen LogP contribution >= 0.6 is 0 Å². The first-order valence-corrected chi connectivity index (χ1v) is 10.3. The molecule has 1 aromatic carbocycles. The number of anilines is 1. The molecule has 2 heterocycles. The van der Waals surface area contributed by atoms with Gasteiger partial charge in [-0.15, -0.1) is 0 Å². The van der Waals surface area contributed by atoms with Crippen molar-refractivity contribution in [2.45, 2.75) is 59.5 Å². The molecule has 1 aromatic heterocycles. The number of nitrogens with zero attached hydrogens (tertiary/aromatic N) is 2.